The molecule has 0 aliphatic rings. The average molecular weight is 386 g/mol. The van der Waals surface area contributed by atoms with E-state index in [0.29, 0.717) is 22.5 Å². The van der Waals surface area contributed by atoms with Gasteiger partial charge in [0.1, 0.15) is 0 Å². The topological polar surface area (TPSA) is 72.7 Å². The highest BCUT2D eigenvalue weighted by Gasteiger charge is 2.17. The summed E-state index contributed by atoms with van der Waals surface area (Å²) < 4.78 is 1.90. The third-order valence-electron chi connectivity index (χ3n) is 3.43. The Balaban J connectivity index is 1.94. The molecule has 0 unspecified atom stereocenters. The van der Waals surface area contributed by atoms with Gasteiger partial charge in [-0.15, -0.1) is 16.8 Å². The molecule has 2 aromatic heterocycles. The quantitative estimate of drug-likeness (QED) is 0.498. The molecule has 0 aliphatic heterocycles. The number of rotatable bonds is 7. The van der Waals surface area contributed by atoms with Gasteiger partial charge < -0.3 is 5.32 Å². The van der Waals surface area contributed by atoms with E-state index in [1.165, 1.54) is 11.8 Å². The van der Waals surface area contributed by atoms with E-state index in [4.69, 9.17) is 11.6 Å². The van der Waals surface area contributed by atoms with Gasteiger partial charge in [0.25, 0.3) is 0 Å². The molecule has 0 saturated heterocycles. The van der Waals surface area contributed by atoms with Crippen molar-refractivity contribution in [3.05, 3.63) is 66.5 Å². The lowest BCUT2D eigenvalue weighted by molar-refractivity contribution is -0.118. The molecule has 3 rings (SSSR count). The molecule has 6 nitrogen and oxygen atoms in total. The Morgan fingerprint density at radius 1 is 1.19 bits per heavy atom. The van der Waals surface area contributed by atoms with Crippen molar-refractivity contribution in [3.8, 4) is 17.1 Å². The zero-order chi connectivity index (χ0) is 18.4. The number of carbonyl (C=O) groups excluding carboxylic acids is 1. The van der Waals surface area contributed by atoms with E-state index < -0.39 is 0 Å². The first-order chi connectivity index (χ1) is 12.7. The molecule has 2 heterocycles. The van der Waals surface area contributed by atoms with E-state index >= 15 is 0 Å². The lowest BCUT2D eigenvalue weighted by Crippen LogP contribution is -2.25. The predicted octanol–water partition coefficient (Wildman–Crippen LogP) is 3.38. The molecule has 0 aliphatic carbocycles. The molecule has 1 N–H and O–H groups in total. The number of hydrogen-bond acceptors (Lipinski definition) is 5. The lowest BCUT2D eigenvalue weighted by atomic mass is 10.2. The zero-order valence-electron chi connectivity index (χ0n) is 13.8. The van der Waals surface area contributed by atoms with E-state index in [1.807, 2.05) is 28.8 Å². The van der Waals surface area contributed by atoms with Crippen LogP contribution in [0, 0.1) is 0 Å². The number of nitrogens with zero attached hydrogens (tertiary/aromatic N) is 4. The number of hydrogen-bond donors (Lipinski definition) is 1. The molecule has 0 bridgehead atoms. The fourth-order valence-corrected chi connectivity index (χ4v) is 3.15. The highest BCUT2D eigenvalue weighted by atomic mass is 35.5. The van der Waals surface area contributed by atoms with Gasteiger partial charge in [-0.05, 0) is 36.4 Å². The van der Waals surface area contributed by atoms with Crippen molar-refractivity contribution in [2.75, 3.05) is 12.3 Å². The maximum absolute atomic E-state index is 11.9. The molecule has 0 radical (unpaired) electrons. The van der Waals surface area contributed by atoms with Crippen molar-refractivity contribution in [3.63, 3.8) is 0 Å². The van der Waals surface area contributed by atoms with Crippen molar-refractivity contribution >= 4 is 29.3 Å². The molecule has 0 atom stereocenters. The molecule has 1 amide bonds. The number of halogens is 1. The van der Waals surface area contributed by atoms with Gasteiger partial charge in [0.05, 0.1) is 5.75 Å². The van der Waals surface area contributed by atoms with Crippen LogP contribution in [0.3, 0.4) is 0 Å². The summed E-state index contributed by atoms with van der Waals surface area (Å²) in [6.45, 7) is 4.02. The standard InChI is InChI=1S/C18H16ClN5OS/c1-2-9-21-16(25)12-26-18-23-22-17(13-7-10-20-11-8-13)24(18)15-5-3-14(19)4-6-15/h2-8,10-11H,1,9,12H2,(H,21,25). The van der Waals surface area contributed by atoms with Crippen LogP contribution in [0.5, 0.6) is 0 Å². The van der Waals surface area contributed by atoms with Crippen LogP contribution in [0.4, 0.5) is 0 Å². The van der Waals surface area contributed by atoms with Gasteiger partial charge in [-0.2, -0.15) is 0 Å². The zero-order valence-corrected chi connectivity index (χ0v) is 15.4. The molecule has 3 aromatic rings. The van der Waals surface area contributed by atoms with Gasteiger partial charge in [-0.3, -0.25) is 14.3 Å². The predicted molar refractivity (Wildman–Crippen MR) is 104 cm³/mol. The minimum atomic E-state index is -0.0917. The van der Waals surface area contributed by atoms with E-state index in [-0.39, 0.29) is 11.7 Å². The van der Waals surface area contributed by atoms with E-state index in [0.717, 1.165) is 11.3 Å². The summed E-state index contributed by atoms with van der Waals surface area (Å²) in [5.41, 5.74) is 1.74. The smallest absolute Gasteiger partial charge is 0.230 e. The van der Waals surface area contributed by atoms with Crippen LogP contribution in [-0.2, 0) is 4.79 Å². The third kappa shape index (κ3) is 4.30. The summed E-state index contributed by atoms with van der Waals surface area (Å²) in [4.78, 5) is 15.9. The molecule has 8 heteroatoms. The molecule has 0 saturated carbocycles. The fourth-order valence-electron chi connectivity index (χ4n) is 2.24. The molecular weight excluding hydrogens is 370 g/mol. The largest absolute Gasteiger partial charge is 0.352 e. The number of pyridine rings is 1. The van der Waals surface area contributed by atoms with Crippen LogP contribution in [0.15, 0.2) is 66.6 Å². The van der Waals surface area contributed by atoms with Crippen molar-refractivity contribution in [2.45, 2.75) is 5.16 Å². The second-order valence-corrected chi connectivity index (χ2v) is 6.61. The van der Waals surface area contributed by atoms with Crippen LogP contribution in [-0.4, -0.2) is 38.0 Å². The molecular formula is C18H16ClN5OS. The molecule has 26 heavy (non-hydrogen) atoms. The Labute approximate surface area is 160 Å². The number of aromatic nitrogens is 4. The summed E-state index contributed by atoms with van der Waals surface area (Å²) >= 11 is 7.32. The summed E-state index contributed by atoms with van der Waals surface area (Å²) in [5.74, 6) is 0.811. The molecule has 132 valence electrons. The normalized spacial score (nSPS) is 10.5. The summed E-state index contributed by atoms with van der Waals surface area (Å²) in [7, 11) is 0. The van der Waals surface area contributed by atoms with E-state index in [2.05, 4.69) is 27.1 Å². The number of benzene rings is 1. The van der Waals surface area contributed by atoms with Gasteiger partial charge in [0, 0.05) is 35.2 Å². The first-order valence-electron chi connectivity index (χ1n) is 7.81. The van der Waals surface area contributed by atoms with Gasteiger partial charge in [0.15, 0.2) is 11.0 Å². The van der Waals surface area contributed by atoms with Gasteiger partial charge in [0.2, 0.25) is 5.91 Å². The Bertz CT molecular complexity index is 896. The first-order valence-corrected chi connectivity index (χ1v) is 9.17. The minimum absolute atomic E-state index is 0.0917. The van der Waals surface area contributed by atoms with Crippen molar-refractivity contribution in [1.29, 1.82) is 0 Å². The lowest BCUT2D eigenvalue weighted by Gasteiger charge is -2.10. The Morgan fingerprint density at radius 2 is 1.92 bits per heavy atom. The van der Waals surface area contributed by atoms with E-state index in [1.54, 1.807) is 30.6 Å². The number of nitrogens with one attached hydrogen (secondary N) is 1. The van der Waals surface area contributed by atoms with Crippen LogP contribution in [0.25, 0.3) is 17.1 Å². The Morgan fingerprint density at radius 3 is 2.62 bits per heavy atom. The van der Waals surface area contributed by atoms with Crippen LogP contribution >= 0.6 is 23.4 Å². The monoisotopic (exact) mass is 385 g/mol. The van der Waals surface area contributed by atoms with Crippen LogP contribution in [0.1, 0.15) is 0 Å². The number of thioether (sulfide) groups is 1. The van der Waals surface area contributed by atoms with Crippen LogP contribution in [0.2, 0.25) is 5.02 Å². The van der Waals surface area contributed by atoms with Crippen molar-refractivity contribution in [2.24, 2.45) is 0 Å². The summed E-state index contributed by atoms with van der Waals surface area (Å²) in [6.07, 6.45) is 5.04. The van der Waals surface area contributed by atoms with Crippen molar-refractivity contribution in [1.82, 2.24) is 25.1 Å². The van der Waals surface area contributed by atoms with Crippen molar-refractivity contribution < 1.29 is 4.79 Å². The molecule has 0 spiro atoms. The highest BCUT2D eigenvalue weighted by molar-refractivity contribution is 7.99. The minimum Gasteiger partial charge on any atom is -0.352 e. The third-order valence-corrected chi connectivity index (χ3v) is 4.61. The fraction of sp³-hybridized carbons (Fsp3) is 0.111. The maximum Gasteiger partial charge on any atom is 0.230 e. The number of carbonyl (C=O) groups is 1. The second-order valence-electron chi connectivity index (χ2n) is 5.24. The van der Waals surface area contributed by atoms with Crippen LogP contribution < -0.4 is 5.32 Å². The second kappa shape index (κ2) is 8.64. The first kappa shape index (κ1) is 18.2. The summed E-state index contributed by atoms with van der Waals surface area (Å²) in [6, 6.07) is 11.1. The molecule has 0 fully saturated rings. The van der Waals surface area contributed by atoms with E-state index in [9.17, 15) is 4.79 Å². The average Bonchev–Trinajstić information content (AvgIpc) is 3.10. The van der Waals surface area contributed by atoms with Gasteiger partial charge in [-0.1, -0.05) is 29.4 Å². The highest BCUT2D eigenvalue weighted by Crippen LogP contribution is 2.28. The Hall–Kier alpha value is -2.64. The van der Waals surface area contributed by atoms with Gasteiger partial charge >= 0.3 is 0 Å². The van der Waals surface area contributed by atoms with Gasteiger partial charge in [-0.25, -0.2) is 0 Å². The summed E-state index contributed by atoms with van der Waals surface area (Å²) in [5, 5.41) is 12.6. The maximum atomic E-state index is 11.9. The Kier molecular flexibility index (Phi) is 6.04. The molecule has 1 aromatic carbocycles. The number of amides is 1. The SMILES string of the molecule is C=CCNC(=O)CSc1nnc(-c2ccncc2)n1-c1ccc(Cl)cc1.